The van der Waals surface area contributed by atoms with E-state index in [4.69, 9.17) is 0 Å². The lowest BCUT2D eigenvalue weighted by atomic mass is 10.1. The number of carboxylic acids is 1. The van der Waals surface area contributed by atoms with Gasteiger partial charge in [-0.25, -0.2) is 14.8 Å². The van der Waals surface area contributed by atoms with Crippen molar-refractivity contribution in [3.8, 4) is 11.4 Å². The van der Waals surface area contributed by atoms with Gasteiger partial charge in [0.15, 0.2) is 5.82 Å². The first kappa shape index (κ1) is 15.0. The van der Waals surface area contributed by atoms with Crippen LogP contribution >= 0.6 is 0 Å². The molecule has 0 saturated heterocycles. The Hall–Kier alpha value is -2.43. The van der Waals surface area contributed by atoms with Crippen LogP contribution in [0.1, 0.15) is 36.7 Å². The van der Waals surface area contributed by atoms with Gasteiger partial charge < -0.3 is 10.4 Å². The predicted octanol–water partition coefficient (Wildman–Crippen LogP) is 3.22. The van der Waals surface area contributed by atoms with Crippen LogP contribution in [0, 0.1) is 0 Å². The second-order valence-corrected chi connectivity index (χ2v) is 5.11. The summed E-state index contributed by atoms with van der Waals surface area (Å²) in [4.78, 5) is 19.7. The maximum atomic E-state index is 11.2. The average Bonchev–Trinajstić information content (AvgIpc) is 2.46. The Morgan fingerprint density at radius 3 is 2.48 bits per heavy atom. The highest BCUT2D eigenvalue weighted by Gasteiger charge is 2.15. The van der Waals surface area contributed by atoms with Crippen molar-refractivity contribution in [2.45, 2.75) is 33.2 Å². The first-order valence-electron chi connectivity index (χ1n) is 6.97. The molecule has 0 amide bonds. The molecule has 0 radical (unpaired) electrons. The van der Waals surface area contributed by atoms with Gasteiger partial charge in [-0.1, -0.05) is 31.2 Å². The number of hydrogen-bond donors (Lipinski definition) is 2. The van der Waals surface area contributed by atoms with Gasteiger partial charge in [0, 0.05) is 17.8 Å². The molecule has 5 nitrogen and oxygen atoms in total. The Kier molecular flexibility index (Phi) is 4.52. The molecule has 0 unspecified atom stereocenters. The minimum atomic E-state index is -1.04. The van der Waals surface area contributed by atoms with E-state index in [1.165, 1.54) is 11.8 Å². The molecular weight excluding hydrogens is 266 g/mol. The second kappa shape index (κ2) is 6.35. The summed E-state index contributed by atoms with van der Waals surface area (Å²) in [7, 11) is 0. The predicted molar refractivity (Wildman–Crippen MR) is 82.6 cm³/mol. The molecule has 0 saturated carbocycles. The smallest absolute Gasteiger partial charge is 0.341 e. The normalized spacial score (nSPS) is 10.7. The van der Waals surface area contributed by atoms with Crippen molar-refractivity contribution in [2.75, 3.05) is 5.32 Å². The molecule has 0 aliphatic heterocycles. The molecule has 1 aromatic carbocycles. The van der Waals surface area contributed by atoms with E-state index in [-0.39, 0.29) is 11.6 Å². The summed E-state index contributed by atoms with van der Waals surface area (Å²) in [6.07, 6.45) is 2.32. The van der Waals surface area contributed by atoms with Crippen LogP contribution in [0.3, 0.4) is 0 Å². The van der Waals surface area contributed by atoms with Crippen LogP contribution < -0.4 is 5.32 Å². The molecule has 2 aromatic rings. The van der Waals surface area contributed by atoms with E-state index in [1.54, 1.807) is 0 Å². The summed E-state index contributed by atoms with van der Waals surface area (Å²) < 4.78 is 0. The van der Waals surface area contributed by atoms with Gasteiger partial charge in [-0.15, -0.1) is 0 Å². The number of anilines is 1. The zero-order valence-electron chi connectivity index (χ0n) is 12.4. The van der Waals surface area contributed by atoms with Crippen molar-refractivity contribution < 1.29 is 9.90 Å². The monoisotopic (exact) mass is 285 g/mol. The van der Waals surface area contributed by atoms with Crippen molar-refractivity contribution in [3.05, 3.63) is 41.6 Å². The maximum absolute atomic E-state index is 11.2. The largest absolute Gasteiger partial charge is 0.477 e. The molecule has 0 fully saturated rings. The molecule has 0 aliphatic rings. The number of carboxylic acid groups (broad SMARTS) is 1. The number of nitrogens with one attached hydrogen (secondary N) is 1. The van der Waals surface area contributed by atoms with Gasteiger partial charge in [-0.05, 0) is 25.8 Å². The summed E-state index contributed by atoms with van der Waals surface area (Å²) in [5.74, 6) is -0.168. The van der Waals surface area contributed by atoms with Gasteiger partial charge in [-0.3, -0.25) is 0 Å². The van der Waals surface area contributed by atoms with E-state index in [1.807, 2.05) is 38.1 Å². The van der Waals surface area contributed by atoms with E-state index in [9.17, 15) is 9.90 Å². The van der Waals surface area contributed by atoms with Gasteiger partial charge in [0.1, 0.15) is 11.4 Å². The fourth-order valence-electron chi connectivity index (χ4n) is 1.95. The van der Waals surface area contributed by atoms with E-state index in [0.717, 1.165) is 12.0 Å². The summed E-state index contributed by atoms with van der Waals surface area (Å²) in [6.45, 7) is 5.96. The Labute approximate surface area is 124 Å². The van der Waals surface area contributed by atoms with Crippen molar-refractivity contribution in [1.82, 2.24) is 9.97 Å². The molecule has 0 bridgehead atoms. The lowest BCUT2D eigenvalue weighted by Gasteiger charge is -2.12. The van der Waals surface area contributed by atoms with E-state index in [0.29, 0.717) is 11.6 Å². The third-order valence-corrected chi connectivity index (χ3v) is 3.06. The van der Waals surface area contributed by atoms with Crippen LogP contribution in [0.2, 0.25) is 0 Å². The molecular formula is C16H19N3O2. The lowest BCUT2D eigenvalue weighted by Crippen LogP contribution is -2.16. The highest BCUT2D eigenvalue weighted by Crippen LogP contribution is 2.20. The van der Waals surface area contributed by atoms with E-state index >= 15 is 0 Å². The van der Waals surface area contributed by atoms with Crippen LogP contribution in [0.15, 0.2) is 30.5 Å². The third kappa shape index (κ3) is 3.56. The van der Waals surface area contributed by atoms with E-state index < -0.39 is 5.97 Å². The number of hydrogen-bond acceptors (Lipinski definition) is 4. The minimum absolute atomic E-state index is 0.0811. The molecule has 0 aliphatic carbocycles. The number of nitrogens with zero attached hydrogens (tertiary/aromatic N) is 2. The molecule has 110 valence electrons. The van der Waals surface area contributed by atoms with E-state index in [2.05, 4.69) is 22.2 Å². The van der Waals surface area contributed by atoms with Gasteiger partial charge >= 0.3 is 5.97 Å². The lowest BCUT2D eigenvalue weighted by molar-refractivity contribution is 0.0697. The fraction of sp³-hybridized carbons (Fsp3) is 0.312. The van der Waals surface area contributed by atoms with Crippen LogP contribution in [0.25, 0.3) is 11.4 Å². The zero-order chi connectivity index (χ0) is 15.4. The van der Waals surface area contributed by atoms with Gasteiger partial charge in [0.2, 0.25) is 0 Å². The Morgan fingerprint density at radius 1 is 1.29 bits per heavy atom. The standard InChI is InChI=1S/C16H19N3O2/c1-4-11-5-7-12(8-6-11)14-17-9-13(16(20)21)15(19-14)18-10(2)3/h5-10H,4H2,1-3H3,(H,20,21)(H,17,18,19). The number of benzene rings is 1. The van der Waals surface area contributed by atoms with Crippen LogP contribution in [-0.2, 0) is 6.42 Å². The first-order valence-corrected chi connectivity index (χ1v) is 6.97. The topological polar surface area (TPSA) is 75.1 Å². The Morgan fingerprint density at radius 2 is 1.95 bits per heavy atom. The molecule has 0 spiro atoms. The molecule has 2 N–H and O–H groups in total. The Balaban J connectivity index is 2.42. The minimum Gasteiger partial charge on any atom is -0.477 e. The number of aromatic carboxylic acids is 1. The zero-order valence-corrected chi connectivity index (χ0v) is 12.4. The maximum Gasteiger partial charge on any atom is 0.341 e. The molecule has 1 heterocycles. The van der Waals surface area contributed by atoms with Crippen molar-refractivity contribution in [3.63, 3.8) is 0 Å². The Bertz CT molecular complexity index is 636. The van der Waals surface area contributed by atoms with Crippen molar-refractivity contribution >= 4 is 11.8 Å². The molecule has 1 aromatic heterocycles. The first-order chi connectivity index (χ1) is 10.0. The number of carbonyl (C=O) groups is 1. The van der Waals surface area contributed by atoms with Gasteiger partial charge in [0.05, 0.1) is 0 Å². The fourth-order valence-corrected chi connectivity index (χ4v) is 1.95. The van der Waals surface area contributed by atoms with Crippen molar-refractivity contribution in [1.29, 1.82) is 0 Å². The molecule has 5 heteroatoms. The number of rotatable bonds is 5. The highest BCUT2D eigenvalue weighted by molar-refractivity contribution is 5.93. The van der Waals surface area contributed by atoms with Crippen molar-refractivity contribution in [2.24, 2.45) is 0 Å². The molecule has 0 atom stereocenters. The second-order valence-electron chi connectivity index (χ2n) is 5.11. The summed E-state index contributed by atoms with van der Waals surface area (Å²) in [5.41, 5.74) is 2.19. The average molecular weight is 285 g/mol. The highest BCUT2D eigenvalue weighted by atomic mass is 16.4. The summed E-state index contributed by atoms with van der Waals surface area (Å²) in [5, 5.41) is 12.2. The number of aryl methyl sites for hydroxylation is 1. The molecule has 21 heavy (non-hydrogen) atoms. The SMILES string of the molecule is CCc1ccc(-c2ncc(C(=O)O)c(NC(C)C)n2)cc1. The summed E-state index contributed by atoms with van der Waals surface area (Å²) in [6, 6.07) is 8.05. The van der Waals surface area contributed by atoms with Gasteiger partial charge in [0.25, 0.3) is 0 Å². The van der Waals surface area contributed by atoms with Crippen LogP contribution in [0.4, 0.5) is 5.82 Å². The quantitative estimate of drug-likeness (QED) is 0.882. The van der Waals surface area contributed by atoms with Crippen LogP contribution in [0.5, 0.6) is 0 Å². The number of aromatic nitrogens is 2. The van der Waals surface area contributed by atoms with Gasteiger partial charge in [-0.2, -0.15) is 0 Å². The summed E-state index contributed by atoms with van der Waals surface area (Å²) >= 11 is 0. The molecule has 2 rings (SSSR count). The van der Waals surface area contributed by atoms with Crippen LogP contribution in [-0.4, -0.2) is 27.1 Å². The third-order valence-electron chi connectivity index (χ3n) is 3.06.